The number of anilines is 1. The number of carbonyl (C=O) groups excluding carboxylic acids is 2. The van der Waals surface area contributed by atoms with E-state index in [4.69, 9.17) is 15.3 Å². The zero-order valence-corrected chi connectivity index (χ0v) is 13.8. The van der Waals surface area contributed by atoms with Gasteiger partial charge in [-0.25, -0.2) is 4.79 Å². The number of esters is 1. The molecule has 0 aromatic heterocycles. The molecule has 0 saturated carbocycles. The normalized spacial score (nSPS) is 10.6. The maximum Gasteiger partial charge on any atom is 0.338 e. The molecular formula is C19H14N4O3. The average molecular weight is 346 g/mol. The van der Waals surface area contributed by atoms with Gasteiger partial charge in [-0.2, -0.15) is 15.6 Å². The number of nitrogens with one attached hydrogen (secondary N) is 1. The first kappa shape index (κ1) is 18.4. The summed E-state index contributed by atoms with van der Waals surface area (Å²) in [6.07, 6.45) is -0.916. The number of ether oxygens (including phenoxy) is 1. The highest BCUT2D eigenvalue weighted by Crippen LogP contribution is 2.13. The van der Waals surface area contributed by atoms with Crippen LogP contribution in [0.5, 0.6) is 0 Å². The predicted octanol–water partition coefficient (Wildman–Crippen LogP) is 2.93. The van der Waals surface area contributed by atoms with Crippen molar-refractivity contribution in [3.8, 4) is 12.1 Å². The van der Waals surface area contributed by atoms with E-state index < -0.39 is 12.1 Å². The van der Waals surface area contributed by atoms with Gasteiger partial charge in [0.15, 0.2) is 6.10 Å². The third kappa shape index (κ3) is 4.76. The summed E-state index contributed by atoms with van der Waals surface area (Å²) in [5.74, 6) is -0.918. The summed E-state index contributed by atoms with van der Waals surface area (Å²) >= 11 is 0. The first-order chi connectivity index (χ1) is 12.5. The first-order valence-corrected chi connectivity index (χ1v) is 7.59. The molecule has 0 radical (unpaired) electrons. The minimum Gasteiger partial charge on any atom is -0.451 e. The van der Waals surface area contributed by atoms with Gasteiger partial charge >= 0.3 is 5.97 Å². The van der Waals surface area contributed by atoms with Crippen LogP contribution in [0.3, 0.4) is 0 Å². The maximum absolute atomic E-state index is 12.2. The zero-order valence-electron chi connectivity index (χ0n) is 13.8. The smallest absolute Gasteiger partial charge is 0.338 e. The van der Waals surface area contributed by atoms with E-state index in [2.05, 4.69) is 10.5 Å². The zero-order chi connectivity index (χ0) is 18.9. The topological polar surface area (TPSA) is 115 Å². The number of hydrazone groups is 1. The second-order valence-electron chi connectivity index (χ2n) is 5.15. The Morgan fingerprint density at radius 3 is 2.19 bits per heavy atom. The molecule has 1 atom stereocenters. The lowest BCUT2D eigenvalue weighted by atomic mass is 10.1. The number of rotatable bonds is 6. The number of hydrogen-bond donors (Lipinski definition) is 1. The number of benzene rings is 2. The Balaban J connectivity index is 2.00. The van der Waals surface area contributed by atoms with Gasteiger partial charge in [-0.1, -0.05) is 30.3 Å². The van der Waals surface area contributed by atoms with Crippen LogP contribution in [0.25, 0.3) is 0 Å². The summed E-state index contributed by atoms with van der Waals surface area (Å²) in [7, 11) is 0. The number of hydrogen-bond acceptors (Lipinski definition) is 7. The molecule has 0 amide bonds. The summed E-state index contributed by atoms with van der Waals surface area (Å²) in [6, 6.07) is 17.9. The van der Waals surface area contributed by atoms with Crippen molar-refractivity contribution in [3.05, 3.63) is 65.7 Å². The van der Waals surface area contributed by atoms with Gasteiger partial charge in [0.05, 0.1) is 11.3 Å². The number of nitrogens with zero attached hydrogens (tertiary/aromatic N) is 3. The van der Waals surface area contributed by atoms with Crippen molar-refractivity contribution in [1.29, 1.82) is 10.5 Å². The fourth-order valence-electron chi connectivity index (χ4n) is 2.00. The van der Waals surface area contributed by atoms with Gasteiger partial charge in [0, 0.05) is 5.56 Å². The number of carbonyl (C=O) groups is 2. The van der Waals surface area contributed by atoms with Crippen molar-refractivity contribution in [1.82, 2.24) is 0 Å². The van der Waals surface area contributed by atoms with Crippen molar-refractivity contribution in [3.63, 3.8) is 0 Å². The Kier molecular flexibility index (Phi) is 6.19. The summed E-state index contributed by atoms with van der Waals surface area (Å²) in [4.78, 5) is 24.4. The molecule has 7 heteroatoms. The molecule has 0 heterocycles. The van der Waals surface area contributed by atoms with E-state index in [-0.39, 0.29) is 17.1 Å². The molecule has 7 nitrogen and oxygen atoms in total. The molecule has 0 bridgehead atoms. The fourth-order valence-corrected chi connectivity index (χ4v) is 2.00. The van der Waals surface area contributed by atoms with Crippen LogP contribution in [0, 0.1) is 22.7 Å². The van der Waals surface area contributed by atoms with Crippen LogP contribution in [0.15, 0.2) is 59.7 Å². The van der Waals surface area contributed by atoms with Crippen molar-refractivity contribution in [2.24, 2.45) is 5.10 Å². The minimum absolute atomic E-state index is 0.257. The Morgan fingerprint density at radius 1 is 1.00 bits per heavy atom. The molecule has 0 aliphatic heterocycles. The second kappa shape index (κ2) is 8.76. The largest absolute Gasteiger partial charge is 0.451 e. The molecule has 0 aliphatic carbocycles. The molecule has 0 fully saturated rings. The van der Waals surface area contributed by atoms with Crippen LogP contribution < -0.4 is 5.43 Å². The van der Waals surface area contributed by atoms with Gasteiger partial charge in [0.1, 0.15) is 12.1 Å². The molecule has 26 heavy (non-hydrogen) atoms. The molecule has 2 aromatic rings. The van der Waals surface area contributed by atoms with Gasteiger partial charge < -0.3 is 4.74 Å². The van der Waals surface area contributed by atoms with Gasteiger partial charge in [-0.3, -0.25) is 10.2 Å². The molecular weight excluding hydrogens is 332 g/mol. The molecule has 1 unspecified atom stereocenters. The highest BCUT2D eigenvalue weighted by atomic mass is 16.5. The molecule has 1 N–H and O–H groups in total. The SMILES string of the molecule is CC(OC(=O)c1ccc(NN=C(C#N)C#N)cc1)C(=O)c1ccccc1. The van der Waals surface area contributed by atoms with Crippen molar-refractivity contribution in [2.75, 3.05) is 5.43 Å². The minimum atomic E-state index is -0.916. The molecule has 0 spiro atoms. The van der Waals surface area contributed by atoms with Gasteiger partial charge in [0.2, 0.25) is 11.5 Å². The highest BCUT2D eigenvalue weighted by molar-refractivity contribution is 6.10. The van der Waals surface area contributed by atoms with Crippen LogP contribution >= 0.6 is 0 Å². The van der Waals surface area contributed by atoms with Crippen LogP contribution in [0.1, 0.15) is 27.6 Å². The highest BCUT2D eigenvalue weighted by Gasteiger charge is 2.20. The summed E-state index contributed by atoms with van der Waals surface area (Å²) < 4.78 is 5.20. The lowest BCUT2D eigenvalue weighted by Crippen LogP contribution is -2.24. The Labute approximate surface area is 150 Å². The van der Waals surface area contributed by atoms with Crippen LogP contribution in [0.2, 0.25) is 0 Å². The van der Waals surface area contributed by atoms with E-state index in [1.165, 1.54) is 31.2 Å². The van der Waals surface area contributed by atoms with E-state index >= 15 is 0 Å². The van der Waals surface area contributed by atoms with E-state index in [0.717, 1.165) is 0 Å². The molecule has 128 valence electrons. The van der Waals surface area contributed by atoms with E-state index in [0.29, 0.717) is 11.3 Å². The van der Waals surface area contributed by atoms with Crippen LogP contribution in [0.4, 0.5) is 5.69 Å². The Bertz CT molecular complexity index is 891. The summed E-state index contributed by atoms with van der Waals surface area (Å²) in [6.45, 7) is 1.52. The van der Waals surface area contributed by atoms with Gasteiger partial charge in [-0.15, -0.1) is 0 Å². The first-order valence-electron chi connectivity index (χ1n) is 7.59. The molecule has 2 aromatic carbocycles. The number of ketones is 1. The molecule has 0 saturated heterocycles. The van der Waals surface area contributed by atoms with Crippen LogP contribution in [-0.2, 0) is 4.74 Å². The Hall–Kier alpha value is -3.97. The average Bonchev–Trinajstić information content (AvgIpc) is 2.69. The third-order valence-electron chi connectivity index (χ3n) is 3.34. The Morgan fingerprint density at radius 2 is 1.62 bits per heavy atom. The molecule has 0 aliphatic rings. The fraction of sp³-hybridized carbons (Fsp3) is 0.105. The summed E-state index contributed by atoms with van der Waals surface area (Å²) in [5.41, 5.74) is 3.42. The lowest BCUT2D eigenvalue weighted by Gasteiger charge is -2.12. The van der Waals surface area contributed by atoms with E-state index in [1.54, 1.807) is 42.5 Å². The second-order valence-corrected chi connectivity index (χ2v) is 5.15. The monoisotopic (exact) mass is 346 g/mol. The number of nitriles is 2. The van der Waals surface area contributed by atoms with E-state index in [9.17, 15) is 9.59 Å². The molecule has 2 rings (SSSR count). The predicted molar refractivity (Wildman–Crippen MR) is 94.4 cm³/mol. The number of Topliss-reactive ketones (excluding diaryl/α,β-unsaturated/α-hetero) is 1. The van der Waals surface area contributed by atoms with E-state index in [1.807, 2.05) is 0 Å². The quantitative estimate of drug-likeness (QED) is 0.372. The van der Waals surface area contributed by atoms with Gasteiger partial charge in [-0.05, 0) is 31.2 Å². The third-order valence-corrected chi connectivity index (χ3v) is 3.34. The lowest BCUT2D eigenvalue weighted by molar-refractivity contribution is 0.0319. The summed E-state index contributed by atoms with van der Waals surface area (Å²) in [5, 5.41) is 20.8. The van der Waals surface area contributed by atoms with Crippen molar-refractivity contribution in [2.45, 2.75) is 13.0 Å². The van der Waals surface area contributed by atoms with Crippen molar-refractivity contribution >= 4 is 23.2 Å². The van der Waals surface area contributed by atoms with Gasteiger partial charge in [0.25, 0.3) is 0 Å². The van der Waals surface area contributed by atoms with Crippen LogP contribution in [-0.4, -0.2) is 23.6 Å². The van der Waals surface area contributed by atoms with Crippen molar-refractivity contribution < 1.29 is 14.3 Å². The maximum atomic E-state index is 12.2. The standard InChI is InChI=1S/C19H14N4O3/c1-13(18(24)14-5-3-2-4-6-14)26-19(25)15-7-9-16(10-8-15)22-23-17(11-20)12-21/h2-10,13,22H,1H3.